The van der Waals surface area contributed by atoms with Gasteiger partial charge in [0.25, 0.3) is 5.72 Å². The first kappa shape index (κ1) is 15.3. The van der Waals surface area contributed by atoms with Crippen molar-refractivity contribution in [3.63, 3.8) is 0 Å². The Morgan fingerprint density at radius 2 is 1.91 bits per heavy atom. The van der Waals surface area contributed by atoms with Crippen molar-refractivity contribution in [3.05, 3.63) is 60.1 Å². The Morgan fingerprint density at radius 3 is 2.48 bits per heavy atom. The van der Waals surface area contributed by atoms with Crippen LogP contribution in [0.1, 0.15) is 22.5 Å². The molecular formula is C15H11F3N2O3. The third kappa shape index (κ3) is 2.50. The fourth-order valence-corrected chi connectivity index (χ4v) is 2.28. The molecule has 0 bridgehead atoms. The predicted molar refractivity (Wildman–Crippen MR) is 73.5 cm³/mol. The average molecular weight is 324 g/mol. The smallest absolute Gasteiger partial charge is 0.438 e. The fourth-order valence-electron chi connectivity index (χ4n) is 2.28. The number of nitrogens with zero attached hydrogens (tertiary/aromatic N) is 2. The van der Waals surface area contributed by atoms with Crippen LogP contribution in [0.15, 0.2) is 58.2 Å². The third-order valence-electron chi connectivity index (χ3n) is 3.47. The van der Waals surface area contributed by atoms with Crippen LogP contribution in [0.2, 0.25) is 0 Å². The second-order valence-electron chi connectivity index (χ2n) is 5.00. The van der Waals surface area contributed by atoms with Crippen LogP contribution >= 0.6 is 0 Å². The number of alkyl halides is 3. The quantitative estimate of drug-likeness (QED) is 0.924. The zero-order valence-electron chi connectivity index (χ0n) is 11.6. The van der Waals surface area contributed by atoms with Crippen LogP contribution in [0, 0.1) is 0 Å². The van der Waals surface area contributed by atoms with Crippen molar-refractivity contribution >= 4 is 11.6 Å². The summed E-state index contributed by atoms with van der Waals surface area (Å²) in [7, 11) is 0. The molecule has 0 aliphatic carbocycles. The van der Waals surface area contributed by atoms with Gasteiger partial charge in [-0.25, -0.2) is 0 Å². The summed E-state index contributed by atoms with van der Waals surface area (Å²) in [5.74, 6) is -1.51. The molecule has 1 amide bonds. The standard InChI is InChI=1S/C15H11F3N2O3/c16-15(17,18)14(22)9-11(10-5-2-1-3-6-10)19-20(14)13(21)12-7-4-8-23-12/h1-8,22H,9H2. The van der Waals surface area contributed by atoms with Crippen LogP contribution in [0.3, 0.4) is 0 Å². The molecule has 1 unspecified atom stereocenters. The summed E-state index contributed by atoms with van der Waals surface area (Å²) in [6, 6.07) is 10.6. The van der Waals surface area contributed by atoms with Crippen molar-refractivity contribution in [3.8, 4) is 0 Å². The monoisotopic (exact) mass is 324 g/mol. The van der Waals surface area contributed by atoms with E-state index in [0.29, 0.717) is 5.56 Å². The Morgan fingerprint density at radius 1 is 1.22 bits per heavy atom. The maximum Gasteiger partial charge on any atom is 0.438 e. The molecule has 1 aliphatic rings. The Bertz CT molecular complexity index is 741. The van der Waals surface area contributed by atoms with E-state index in [1.54, 1.807) is 30.3 Å². The molecule has 0 radical (unpaired) electrons. The molecule has 0 spiro atoms. The van der Waals surface area contributed by atoms with Crippen molar-refractivity contribution in [1.29, 1.82) is 0 Å². The summed E-state index contributed by atoms with van der Waals surface area (Å²) < 4.78 is 44.8. The van der Waals surface area contributed by atoms with E-state index in [1.165, 1.54) is 12.1 Å². The molecule has 1 aromatic carbocycles. The molecular weight excluding hydrogens is 313 g/mol. The number of carbonyl (C=O) groups is 1. The van der Waals surface area contributed by atoms with Crippen molar-refractivity contribution in [2.24, 2.45) is 5.10 Å². The molecule has 8 heteroatoms. The fraction of sp³-hybridized carbons (Fsp3) is 0.200. The van der Waals surface area contributed by atoms with Gasteiger partial charge in [0.1, 0.15) is 0 Å². The number of hydrogen-bond donors (Lipinski definition) is 1. The zero-order chi connectivity index (χ0) is 16.7. The highest BCUT2D eigenvalue weighted by atomic mass is 19.4. The highest BCUT2D eigenvalue weighted by molar-refractivity contribution is 6.04. The lowest BCUT2D eigenvalue weighted by atomic mass is 10.0. The molecule has 2 aromatic rings. The van der Waals surface area contributed by atoms with Crippen LogP contribution in [0.4, 0.5) is 13.2 Å². The number of furan rings is 1. The lowest BCUT2D eigenvalue weighted by Crippen LogP contribution is -2.56. The summed E-state index contributed by atoms with van der Waals surface area (Å²) in [5.41, 5.74) is -3.06. The van der Waals surface area contributed by atoms with E-state index in [0.717, 1.165) is 6.26 Å². The van der Waals surface area contributed by atoms with Crippen molar-refractivity contribution in [1.82, 2.24) is 5.01 Å². The molecule has 0 fully saturated rings. The van der Waals surface area contributed by atoms with Crippen molar-refractivity contribution < 1.29 is 27.5 Å². The summed E-state index contributed by atoms with van der Waals surface area (Å²) in [4.78, 5) is 12.2. The topological polar surface area (TPSA) is 66.0 Å². The maximum absolute atomic E-state index is 13.3. The van der Waals surface area contributed by atoms with E-state index in [2.05, 4.69) is 5.10 Å². The summed E-state index contributed by atoms with van der Waals surface area (Å²) >= 11 is 0. The Hall–Kier alpha value is -2.61. The first-order valence-corrected chi connectivity index (χ1v) is 6.63. The Kier molecular flexibility index (Phi) is 3.48. The number of amides is 1. The summed E-state index contributed by atoms with van der Waals surface area (Å²) in [6.07, 6.45) is -4.78. The van der Waals surface area contributed by atoms with Gasteiger partial charge in [0.15, 0.2) is 5.76 Å². The maximum atomic E-state index is 13.3. The first-order valence-electron chi connectivity index (χ1n) is 6.63. The van der Waals surface area contributed by atoms with Gasteiger partial charge in [-0.15, -0.1) is 0 Å². The predicted octanol–water partition coefficient (Wildman–Crippen LogP) is 2.78. The van der Waals surface area contributed by atoms with Gasteiger partial charge in [0, 0.05) is 0 Å². The van der Waals surface area contributed by atoms with Gasteiger partial charge in [0.2, 0.25) is 0 Å². The molecule has 1 aliphatic heterocycles. The number of halogens is 3. The van der Waals surface area contributed by atoms with Crippen LogP contribution in [0.5, 0.6) is 0 Å². The first-order chi connectivity index (χ1) is 10.8. The van der Waals surface area contributed by atoms with Crippen LogP contribution in [-0.2, 0) is 0 Å². The molecule has 0 saturated carbocycles. The van der Waals surface area contributed by atoms with E-state index in [1.807, 2.05) is 0 Å². The Balaban J connectivity index is 2.04. The minimum atomic E-state index is -5.07. The minimum absolute atomic E-state index is 0.0359. The normalized spacial score (nSPS) is 21.4. The van der Waals surface area contributed by atoms with Gasteiger partial charge in [-0.2, -0.15) is 23.3 Å². The van der Waals surface area contributed by atoms with E-state index in [-0.39, 0.29) is 16.5 Å². The largest absolute Gasteiger partial charge is 0.459 e. The second-order valence-corrected chi connectivity index (χ2v) is 5.00. The lowest BCUT2D eigenvalue weighted by Gasteiger charge is -2.31. The molecule has 0 saturated heterocycles. The molecule has 1 aromatic heterocycles. The molecule has 120 valence electrons. The Labute approximate surface area is 128 Å². The molecule has 2 heterocycles. The highest BCUT2D eigenvalue weighted by Crippen LogP contribution is 2.41. The van der Waals surface area contributed by atoms with Crippen LogP contribution in [0.25, 0.3) is 0 Å². The number of hydrazone groups is 1. The summed E-state index contributed by atoms with van der Waals surface area (Å²) in [5, 5.41) is 13.9. The SMILES string of the molecule is O=C(c1ccco1)N1N=C(c2ccccc2)CC1(O)C(F)(F)F. The van der Waals surface area contributed by atoms with E-state index < -0.39 is 24.2 Å². The van der Waals surface area contributed by atoms with Crippen molar-refractivity contribution in [2.75, 3.05) is 0 Å². The number of benzene rings is 1. The number of carbonyl (C=O) groups excluding carboxylic acids is 1. The lowest BCUT2D eigenvalue weighted by molar-refractivity contribution is -0.297. The zero-order valence-corrected chi connectivity index (χ0v) is 11.6. The van der Waals surface area contributed by atoms with E-state index >= 15 is 0 Å². The average Bonchev–Trinajstić information content (AvgIpc) is 3.15. The molecule has 5 nitrogen and oxygen atoms in total. The number of hydrogen-bond acceptors (Lipinski definition) is 4. The second kappa shape index (κ2) is 5.24. The van der Waals surface area contributed by atoms with Gasteiger partial charge in [-0.3, -0.25) is 4.79 Å². The molecule has 23 heavy (non-hydrogen) atoms. The van der Waals surface area contributed by atoms with Gasteiger partial charge >= 0.3 is 12.1 Å². The van der Waals surface area contributed by atoms with E-state index in [4.69, 9.17) is 4.42 Å². The summed E-state index contributed by atoms with van der Waals surface area (Å²) in [6.45, 7) is 0. The van der Waals surface area contributed by atoms with Gasteiger partial charge in [-0.05, 0) is 17.7 Å². The third-order valence-corrected chi connectivity index (χ3v) is 3.47. The number of aliphatic hydroxyl groups is 1. The molecule has 1 atom stereocenters. The van der Waals surface area contributed by atoms with E-state index in [9.17, 15) is 23.1 Å². The van der Waals surface area contributed by atoms with Gasteiger partial charge in [0.05, 0.1) is 18.4 Å². The van der Waals surface area contributed by atoms with Crippen molar-refractivity contribution in [2.45, 2.75) is 18.3 Å². The van der Waals surface area contributed by atoms with Gasteiger partial charge in [-0.1, -0.05) is 30.3 Å². The van der Waals surface area contributed by atoms with Crippen LogP contribution < -0.4 is 0 Å². The van der Waals surface area contributed by atoms with Crippen LogP contribution in [-0.4, -0.2) is 33.6 Å². The number of rotatable bonds is 2. The van der Waals surface area contributed by atoms with Gasteiger partial charge < -0.3 is 9.52 Å². The molecule has 3 rings (SSSR count). The highest BCUT2D eigenvalue weighted by Gasteiger charge is 2.63. The molecule has 1 N–H and O–H groups in total. The minimum Gasteiger partial charge on any atom is -0.459 e.